The zero-order valence-corrected chi connectivity index (χ0v) is 58.6. The number of aliphatic imine (C=N–C) groups is 1. The molecule has 7 aliphatic rings. The fourth-order valence-corrected chi connectivity index (χ4v) is 14.3. The van der Waals surface area contributed by atoms with Crippen LogP contribution in [-0.4, -0.2) is 173 Å². The highest BCUT2D eigenvalue weighted by atomic mass is 16.6. The molecule has 2 saturated carbocycles. The number of aliphatic hydroxyl groups excluding tert-OH is 1. The first-order valence-corrected chi connectivity index (χ1v) is 35.0. The number of amides is 9. The lowest BCUT2D eigenvalue weighted by atomic mass is 9.95. The van der Waals surface area contributed by atoms with Crippen molar-refractivity contribution in [3.63, 3.8) is 0 Å². The van der Waals surface area contributed by atoms with Crippen LogP contribution in [-0.2, 0) is 46.7 Å². The standard InChI is InChI=1S/C75H85N13O15/c1-42(2)65(81-63(91)37-78-62(90)36-77-61(89)21-22-64(92)84-38-46-13-8-9-14-49(46)67-66(82-83-88(67)43(3)4)50-15-10-11-16-54(50)84)69(94)79-44(5)68(93)80-47-19-17-45(18-20-47)39-103-73(98)87-55-32-60(58(100-7)30-52(55)71(96)86-41-75(25-26-75)34-56(86)72(87)97)102-28-12-27-101-59-31-53-51(29-57(59)99-6)70(95)85-40-74(23-24-74)33-48(85)35-76-53/h8-11,13-20,29-32,35,42-44,48,56,65,72,97H,12,21-28,33-34,36-41H2,1-7H3,(H,77,89)(H,78,90)(H,79,94)(H,80,93)(H,81,91)/t44-,48-,56-,65-,72?/m0/s1. The van der Waals surface area contributed by atoms with E-state index in [4.69, 9.17) is 28.7 Å². The smallest absolute Gasteiger partial charge is 0.416 e. The first-order chi connectivity index (χ1) is 49.5. The van der Waals surface area contributed by atoms with E-state index in [1.165, 1.54) is 33.3 Å². The first-order valence-electron chi connectivity index (χ1n) is 35.0. The van der Waals surface area contributed by atoms with E-state index in [9.17, 15) is 48.3 Å². The number of carbonyl (C=O) groups excluding carboxylic acids is 9. The molecule has 6 heterocycles. The number of nitrogens with one attached hydrogen (secondary N) is 5. The van der Waals surface area contributed by atoms with E-state index in [0.717, 1.165) is 65.9 Å². The Bertz CT molecular complexity index is 4370. The number of hydrogen-bond donors (Lipinski definition) is 6. The van der Waals surface area contributed by atoms with Crippen molar-refractivity contribution in [3.8, 4) is 45.5 Å². The summed E-state index contributed by atoms with van der Waals surface area (Å²) in [5, 5.41) is 34.1. The lowest BCUT2D eigenvalue weighted by molar-refractivity contribution is -0.132. The van der Waals surface area contributed by atoms with Crippen LogP contribution in [0, 0.1) is 16.7 Å². The van der Waals surface area contributed by atoms with E-state index in [1.807, 2.05) is 78.2 Å². The summed E-state index contributed by atoms with van der Waals surface area (Å²) in [7, 11) is 2.95. The maximum atomic E-state index is 14.5. The molecule has 5 aliphatic heterocycles. The van der Waals surface area contributed by atoms with Gasteiger partial charge in [0.25, 0.3) is 11.8 Å². The van der Waals surface area contributed by atoms with Crippen LogP contribution in [0.15, 0.2) is 102 Å². The molecule has 2 aliphatic carbocycles. The maximum absolute atomic E-state index is 14.5. The van der Waals surface area contributed by atoms with E-state index in [2.05, 4.69) is 36.9 Å². The Balaban J connectivity index is 0.567. The molecular weight excluding hydrogens is 1320 g/mol. The monoisotopic (exact) mass is 1410 g/mol. The molecule has 13 rings (SSSR count). The fraction of sp³-hybridized carbons (Fsp3) is 0.440. The van der Waals surface area contributed by atoms with Crippen molar-refractivity contribution in [2.24, 2.45) is 21.7 Å². The molecule has 5 aromatic carbocycles. The van der Waals surface area contributed by atoms with Crippen molar-refractivity contribution >= 4 is 82.3 Å². The number of para-hydroxylation sites is 1. The van der Waals surface area contributed by atoms with Crippen LogP contribution >= 0.6 is 0 Å². The van der Waals surface area contributed by atoms with Gasteiger partial charge in [-0.15, -0.1) is 5.10 Å². The molecule has 28 nitrogen and oxygen atoms in total. The van der Waals surface area contributed by atoms with Crippen LogP contribution in [0.4, 0.5) is 27.5 Å². The van der Waals surface area contributed by atoms with Gasteiger partial charge in [0.05, 0.1) is 93.0 Å². The summed E-state index contributed by atoms with van der Waals surface area (Å²) in [6.45, 7) is 9.28. The van der Waals surface area contributed by atoms with Gasteiger partial charge in [0.2, 0.25) is 35.4 Å². The number of hydrogen-bond acceptors (Lipinski definition) is 18. The Labute approximate surface area is 595 Å². The number of carbonyl (C=O) groups is 9. The zero-order chi connectivity index (χ0) is 72.6. The Hall–Kier alpha value is -10.9. The third-order valence-electron chi connectivity index (χ3n) is 20.4. The highest BCUT2D eigenvalue weighted by Gasteiger charge is 2.58. The molecule has 0 radical (unpaired) electrons. The molecule has 6 aromatic rings. The summed E-state index contributed by atoms with van der Waals surface area (Å²) >= 11 is 0. The zero-order valence-electron chi connectivity index (χ0n) is 58.6. The van der Waals surface area contributed by atoms with E-state index in [-0.39, 0.29) is 103 Å². The summed E-state index contributed by atoms with van der Waals surface area (Å²) in [4.78, 5) is 134. The number of aliphatic hydroxyl groups is 1. The average Bonchev–Trinajstić information content (AvgIpc) is 1.59. The molecule has 4 fully saturated rings. The average molecular weight is 1410 g/mol. The molecule has 2 saturated heterocycles. The minimum Gasteiger partial charge on any atom is -0.493 e. The lowest BCUT2D eigenvalue weighted by Crippen LogP contribution is -2.55. The second-order valence-corrected chi connectivity index (χ2v) is 28.4. The number of aromatic nitrogens is 3. The van der Waals surface area contributed by atoms with Gasteiger partial charge in [0.15, 0.2) is 29.2 Å². The number of methoxy groups -OCH3 is 2. The Morgan fingerprint density at radius 2 is 1.30 bits per heavy atom. The lowest BCUT2D eigenvalue weighted by Gasteiger charge is -2.31. The largest absolute Gasteiger partial charge is 0.493 e. The number of benzene rings is 5. The van der Waals surface area contributed by atoms with Crippen LogP contribution < -0.4 is 55.3 Å². The van der Waals surface area contributed by atoms with E-state index in [1.54, 1.807) is 60.0 Å². The van der Waals surface area contributed by atoms with Crippen LogP contribution in [0.3, 0.4) is 0 Å². The predicted molar refractivity (Wildman–Crippen MR) is 378 cm³/mol. The molecule has 28 heteroatoms. The normalized spacial score (nSPS) is 18.8. The van der Waals surface area contributed by atoms with Gasteiger partial charge in [0.1, 0.15) is 24.4 Å². The summed E-state index contributed by atoms with van der Waals surface area (Å²) in [6, 6.07) is 25.0. The fourth-order valence-electron chi connectivity index (χ4n) is 14.3. The van der Waals surface area contributed by atoms with Crippen LogP contribution in [0.5, 0.6) is 23.0 Å². The number of fused-ring (bicyclic) bond motifs is 9. The minimum atomic E-state index is -1.49. The second kappa shape index (κ2) is 29.2. The van der Waals surface area contributed by atoms with Gasteiger partial charge in [-0.2, -0.15) is 0 Å². The van der Waals surface area contributed by atoms with Gasteiger partial charge in [-0.1, -0.05) is 73.7 Å². The molecule has 1 unspecified atom stereocenters. The van der Waals surface area contributed by atoms with Crippen LogP contribution in [0.1, 0.15) is 130 Å². The van der Waals surface area contributed by atoms with Crippen molar-refractivity contribution < 1.29 is 71.9 Å². The molecule has 1 aromatic heterocycles. The number of rotatable bonds is 24. The van der Waals surface area contributed by atoms with E-state index in [0.29, 0.717) is 64.8 Å². The van der Waals surface area contributed by atoms with Crippen molar-refractivity contribution in [1.29, 1.82) is 0 Å². The molecule has 2 spiro atoms. The van der Waals surface area contributed by atoms with Gasteiger partial charge < -0.3 is 70.1 Å². The molecule has 6 N–H and O–H groups in total. The van der Waals surface area contributed by atoms with Gasteiger partial charge in [-0.05, 0) is 118 Å². The molecule has 0 bridgehead atoms. The number of ether oxygens (including phenoxy) is 5. The third kappa shape index (κ3) is 14.8. The van der Waals surface area contributed by atoms with Gasteiger partial charge >= 0.3 is 6.09 Å². The van der Waals surface area contributed by atoms with Crippen molar-refractivity contribution in [2.45, 2.75) is 142 Å². The highest BCUT2D eigenvalue weighted by Crippen LogP contribution is 2.58. The van der Waals surface area contributed by atoms with Crippen molar-refractivity contribution in [3.05, 3.63) is 119 Å². The summed E-state index contributed by atoms with van der Waals surface area (Å²) in [6.07, 6.45) is 4.83. The van der Waals surface area contributed by atoms with Gasteiger partial charge in [-0.3, -0.25) is 43.3 Å². The molecular formula is C75H85N13O15. The predicted octanol–water partition coefficient (Wildman–Crippen LogP) is 7.38. The third-order valence-corrected chi connectivity index (χ3v) is 20.4. The van der Waals surface area contributed by atoms with Crippen molar-refractivity contribution in [2.75, 3.05) is 68.7 Å². The summed E-state index contributed by atoms with van der Waals surface area (Å²) in [5.41, 5.74) is 6.66. The SMILES string of the molecule is COc1cc2c(cc1OCCCOc1cc3c(cc1OC)C(=O)N1CC4(CC4)C[C@H]1C(O)N3C(=O)OCc1ccc(NC(=O)[C@H](C)NC(=O)[C@@H](NC(=O)CNC(=O)CNC(=O)CCC(=O)N3Cc4ccccc4-c4c(nnn4C(C)C)-c4ccccc43)C(C)C)cc1)N=C[C@@H]1CC3(CC3)CN1C2=O. The van der Waals surface area contributed by atoms with Gasteiger partial charge in [-0.25, -0.2) is 14.4 Å². The van der Waals surface area contributed by atoms with Gasteiger partial charge in [0, 0.05) is 73.6 Å². The first kappa shape index (κ1) is 70.5. The number of nitrogens with zero attached hydrogens (tertiary/aromatic N) is 8. The second-order valence-electron chi connectivity index (χ2n) is 28.4. The summed E-state index contributed by atoms with van der Waals surface area (Å²) < 4.78 is 31.6. The minimum absolute atomic E-state index is 0.0207. The Morgan fingerprint density at radius 3 is 2.00 bits per heavy atom. The highest BCUT2D eigenvalue weighted by molar-refractivity contribution is 6.07. The topological polar surface area (TPSA) is 336 Å². The molecule has 9 amide bonds. The molecule has 103 heavy (non-hydrogen) atoms. The quantitative estimate of drug-likeness (QED) is 0.0322. The Morgan fingerprint density at radius 1 is 0.660 bits per heavy atom. The number of anilines is 3. The molecule has 5 atom stereocenters. The van der Waals surface area contributed by atoms with E-state index < -0.39 is 79.0 Å². The maximum Gasteiger partial charge on any atom is 0.416 e. The summed E-state index contributed by atoms with van der Waals surface area (Å²) in [5.74, 6) is -3.21. The van der Waals surface area contributed by atoms with Crippen molar-refractivity contribution in [1.82, 2.24) is 46.1 Å². The van der Waals surface area contributed by atoms with E-state index >= 15 is 0 Å². The Kier molecular flexibility index (Phi) is 20.0. The molecule has 540 valence electrons. The van der Waals surface area contributed by atoms with Crippen LogP contribution in [0.2, 0.25) is 0 Å². The van der Waals surface area contributed by atoms with Crippen LogP contribution in [0.25, 0.3) is 22.5 Å².